The number of aromatic nitrogens is 4. The third-order valence-corrected chi connectivity index (χ3v) is 3.74. The SMILES string of the molecule is C/C(=N\Nc1nnc2c(n1)[nH]c1ccccc12)c1ccccc1O. The Morgan fingerprint density at radius 3 is 2.75 bits per heavy atom. The van der Waals surface area contributed by atoms with Crippen molar-refractivity contribution >= 4 is 33.7 Å². The minimum absolute atomic E-state index is 0.172. The molecule has 7 nitrogen and oxygen atoms in total. The molecule has 2 aromatic carbocycles. The van der Waals surface area contributed by atoms with Gasteiger partial charge in [-0.15, -0.1) is 10.2 Å². The topological polar surface area (TPSA) is 99.1 Å². The van der Waals surface area contributed by atoms with Gasteiger partial charge in [0.1, 0.15) is 11.3 Å². The van der Waals surface area contributed by atoms with E-state index in [-0.39, 0.29) is 11.7 Å². The maximum absolute atomic E-state index is 9.84. The minimum Gasteiger partial charge on any atom is -0.507 e. The summed E-state index contributed by atoms with van der Waals surface area (Å²) in [7, 11) is 0. The summed E-state index contributed by atoms with van der Waals surface area (Å²) in [6.45, 7) is 1.79. The van der Waals surface area contributed by atoms with Gasteiger partial charge in [-0.2, -0.15) is 10.1 Å². The summed E-state index contributed by atoms with van der Waals surface area (Å²) in [6, 6.07) is 14.8. The first kappa shape index (κ1) is 14.1. The fourth-order valence-electron chi connectivity index (χ4n) is 2.54. The number of anilines is 1. The zero-order chi connectivity index (χ0) is 16.5. The largest absolute Gasteiger partial charge is 0.507 e. The molecule has 0 radical (unpaired) electrons. The lowest BCUT2D eigenvalue weighted by atomic mass is 10.1. The molecule has 24 heavy (non-hydrogen) atoms. The molecule has 0 aliphatic heterocycles. The van der Waals surface area contributed by atoms with Crippen LogP contribution in [0, 0.1) is 0 Å². The van der Waals surface area contributed by atoms with Gasteiger partial charge in [-0.05, 0) is 25.1 Å². The summed E-state index contributed by atoms with van der Waals surface area (Å²) in [5.41, 5.74) is 6.36. The number of benzene rings is 2. The number of nitrogens with zero attached hydrogens (tertiary/aromatic N) is 4. The molecular formula is C17H14N6O. The van der Waals surface area contributed by atoms with E-state index in [1.54, 1.807) is 25.1 Å². The maximum Gasteiger partial charge on any atom is 0.265 e. The minimum atomic E-state index is 0.172. The monoisotopic (exact) mass is 318 g/mol. The van der Waals surface area contributed by atoms with Crippen LogP contribution in [0.3, 0.4) is 0 Å². The van der Waals surface area contributed by atoms with Crippen LogP contribution in [0.25, 0.3) is 22.1 Å². The van der Waals surface area contributed by atoms with Crippen molar-refractivity contribution in [3.8, 4) is 5.75 Å². The Morgan fingerprint density at radius 2 is 1.88 bits per heavy atom. The number of hydrazone groups is 1. The molecule has 3 N–H and O–H groups in total. The van der Waals surface area contributed by atoms with Crippen molar-refractivity contribution in [3.63, 3.8) is 0 Å². The number of aromatic amines is 1. The second-order valence-electron chi connectivity index (χ2n) is 5.33. The fraction of sp³-hybridized carbons (Fsp3) is 0.0588. The van der Waals surface area contributed by atoms with Crippen LogP contribution in [0.1, 0.15) is 12.5 Å². The number of aromatic hydroxyl groups is 1. The third-order valence-electron chi connectivity index (χ3n) is 3.74. The highest BCUT2D eigenvalue weighted by molar-refractivity contribution is 6.03. The molecule has 0 saturated heterocycles. The van der Waals surface area contributed by atoms with E-state index < -0.39 is 0 Å². The zero-order valence-corrected chi connectivity index (χ0v) is 12.9. The fourth-order valence-corrected chi connectivity index (χ4v) is 2.54. The van der Waals surface area contributed by atoms with Crippen LogP contribution in [0.5, 0.6) is 5.75 Å². The van der Waals surface area contributed by atoms with E-state index in [9.17, 15) is 5.11 Å². The Bertz CT molecular complexity index is 1070. The number of hydrogen-bond donors (Lipinski definition) is 3. The Balaban J connectivity index is 1.66. The van der Waals surface area contributed by atoms with Gasteiger partial charge in [0.2, 0.25) is 0 Å². The van der Waals surface area contributed by atoms with Crippen LogP contribution < -0.4 is 5.43 Å². The molecule has 0 amide bonds. The second-order valence-corrected chi connectivity index (χ2v) is 5.33. The Morgan fingerprint density at radius 1 is 1.08 bits per heavy atom. The molecule has 0 atom stereocenters. The predicted molar refractivity (Wildman–Crippen MR) is 93.1 cm³/mol. The van der Waals surface area contributed by atoms with E-state index in [0.29, 0.717) is 16.9 Å². The van der Waals surface area contributed by atoms with Gasteiger partial charge in [0, 0.05) is 16.5 Å². The van der Waals surface area contributed by atoms with Gasteiger partial charge in [0.15, 0.2) is 5.65 Å². The van der Waals surface area contributed by atoms with Crippen LogP contribution in [0.15, 0.2) is 53.6 Å². The van der Waals surface area contributed by atoms with Gasteiger partial charge in [0.05, 0.1) is 5.71 Å². The molecule has 0 aliphatic carbocycles. The molecule has 4 rings (SSSR count). The van der Waals surface area contributed by atoms with E-state index in [1.807, 2.05) is 30.3 Å². The summed E-state index contributed by atoms with van der Waals surface area (Å²) >= 11 is 0. The average Bonchev–Trinajstić information content (AvgIpc) is 2.98. The van der Waals surface area contributed by atoms with Crippen molar-refractivity contribution in [2.45, 2.75) is 6.92 Å². The molecule has 0 bridgehead atoms. The highest BCUT2D eigenvalue weighted by Crippen LogP contribution is 2.22. The van der Waals surface area contributed by atoms with E-state index in [1.165, 1.54) is 0 Å². The van der Waals surface area contributed by atoms with Crippen molar-refractivity contribution in [1.82, 2.24) is 20.2 Å². The van der Waals surface area contributed by atoms with Crippen LogP contribution in [0.2, 0.25) is 0 Å². The highest BCUT2D eigenvalue weighted by Gasteiger charge is 2.08. The van der Waals surface area contributed by atoms with Gasteiger partial charge in [-0.3, -0.25) is 0 Å². The molecule has 4 aromatic rings. The number of H-pyrrole nitrogens is 1. The predicted octanol–water partition coefficient (Wildman–Crippen LogP) is 3.05. The quantitative estimate of drug-likeness (QED) is 0.398. The van der Waals surface area contributed by atoms with Crippen molar-refractivity contribution in [1.29, 1.82) is 0 Å². The van der Waals surface area contributed by atoms with E-state index in [2.05, 4.69) is 30.7 Å². The molecule has 2 heterocycles. The Hall–Kier alpha value is -3.48. The Kier molecular flexibility index (Phi) is 3.31. The first-order chi connectivity index (χ1) is 11.7. The third kappa shape index (κ3) is 2.41. The van der Waals surface area contributed by atoms with Crippen molar-refractivity contribution in [2.24, 2.45) is 5.10 Å². The van der Waals surface area contributed by atoms with Gasteiger partial charge < -0.3 is 10.1 Å². The van der Waals surface area contributed by atoms with Gasteiger partial charge in [-0.1, -0.05) is 30.3 Å². The maximum atomic E-state index is 9.84. The van der Waals surface area contributed by atoms with Crippen LogP contribution >= 0.6 is 0 Å². The van der Waals surface area contributed by atoms with Crippen molar-refractivity contribution < 1.29 is 5.11 Å². The van der Waals surface area contributed by atoms with Gasteiger partial charge in [-0.25, -0.2) is 5.43 Å². The van der Waals surface area contributed by atoms with Crippen molar-refractivity contribution in [2.75, 3.05) is 5.43 Å². The molecule has 0 aliphatic rings. The summed E-state index contributed by atoms with van der Waals surface area (Å²) in [5.74, 6) is 0.453. The molecule has 7 heteroatoms. The number of hydrogen-bond acceptors (Lipinski definition) is 6. The molecule has 2 aromatic heterocycles. The molecule has 0 fully saturated rings. The molecule has 0 spiro atoms. The number of fused-ring (bicyclic) bond motifs is 3. The van der Waals surface area contributed by atoms with Crippen molar-refractivity contribution in [3.05, 3.63) is 54.1 Å². The van der Waals surface area contributed by atoms with Gasteiger partial charge in [0.25, 0.3) is 5.95 Å². The number of nitrogens with one attached hydrogen (secondary N) is 2. The van der Waals surface area contributed by atoms with E-state index in [0.717, 1.165) is 16.4 Å². The zero-order valence-electron chi connectivity index (χ0n) is 12.9. The number of rotatable bonds is 3. The van der Waals surface area contributed by atoms with Crippen LogP contribution in [-0.2, 0) is 0 Å². The lowest BCUT2D eigenvalue weighted by Crippen LogP contribution is -2.03. The molecule has 0 saturated carbocycles. The summed E-state index contributed by atoms with van der Waals surface area (Å²) in [5, 5.41) is 23.3. The summed E-state index contributed by atoms with van der Waals surface area (Å²) in [4.78, 5) is 7.60. The van der Waals surface area contributed by atoms with Gasteiger partial charge >= 0.3 is 0 Å². The normalized spacial score (nSPS) is 12.0. The first-order valence-corrected chi connectivity index (χ1v) is 7.42. The number of phenolic OH excluding ortho intramolecular Hbond substituents is 1. The number of para-hydroxylation sites is 2. The summed E-state index contributed by atoms with van der Waals surface area (Å²) < 4.78 is 0. The highest BCUT2D eigenvalue weighted by atomic mass is 16.3. The lowest BCUT2D eigenvalue weighted by Gasteiger charge is -2.04. The standard InChI is InChI=1S/C17H14N6O/c1-10(11-6-3-5-9-14(11)24)20-22-17-19-16-15(21-23-17)12-7-2-4-8-13(12)18-16/h2-9,24H,1H3,(H2,18,19,22,23)/b20-10+. The van der Waals surface area contributed by atoms with E-state index in [4.69, 9.17) is 0 Å². The molecular weight excluding hydrogens is 304 g/mol. The summed E-state index contributed by atoms with van der Waals surface area (Å²) in [6.07, 6.45) is 0. The molecule has 118 valence electrons. The smallest absolute Gasteiger partial charge is 0.265 e. The van der Waals surface area contributed by atoms with E-state index >= 15 is 0 Å². The second kappa shape index (κ2) is 5.62. The average molecular weight is 318 g/mol. The Labute approximate surface area is 137 Å². The number of phenols is 1. The lowest BCUT2D eigenvalue weighted by molar-refractivity contribution is 0.474. The van der Waals surface area contributed by atoms with Crippen LogP contribution in [0.4, 0.5) is 5.95 Å². The first-order valence-electron chi connectivity index (χ1n) is 7.42. The molecule has 0 unspecified atom stereocenters. The van der Waals surface area contributed by atoms with Crippen LogP contribution in [-0.4, -0.2) is 31.0 Å².